The fourth-order valence-electron chi connectivity index (χ4n) is 3.06. The molecule has 0 saturated carbocycles. The quantitative estimate of drug-likeness (QED) is 0.627. The number of rotatable bonds is 10. The van der Waals surface area contributed by atoms with E-state index < -0.39 is 6.10 Å². The molecule has 2 fully saturated rings. The van der Waals surface area contributed by atoms with Crippen LogP contribution in [0.5, 0.6) is 0 Å². The molecule has 0 aromatic carbocycles. The largest absolute Gasteiger partial charge is 0.388 e. The smallest absolute Gasteiger partial charge is 0.115 e. The lowest BCUT2D eigenvalue weighted by Gasteiger charge is -2.16. The highest BCUT2D eigenvalue weighted by Gasteiger charge is 2.47. The summed E-state index contributed by atoms with van der Waals surface area (Å²) in [6.45, 7) is 3.98. The van der Waals surface area contributed by atoms with Gasteiger partial charge in [-0.3, -0.25) is 0 Å². The van der Waals surface area contributed by atoms with E-state index in [0.29, 0.717) is 13.2 Å². The first-order chi connectivity index (χ1) is 9.83. The first-order valence-electron chi connectivity index (χ1n) is 8.35. The molecule has 0 radical (unpaired) electrons. The molecule has 4 nitrogen and oxygen atoms in total. The van der Waals surface area contributed by atoms with Gasteiger partial charge in [0.25, 0.3) is 0 Å². The van der Waals surface area contributed by atoms with E-state index in [1.54, 1.807) is 0 Å². The van der Waals surface area contributed by atoms with Gasteiger partial charge in [-0.05, 0) is 6.42 Å². The first kappa shape index (κ1) is 16.2. The summed E-state index contributed by atoms with van der Waals surface area (Å²) < 4.78 is 16.9. The Morgan fingerprint density at radius 1 is 0.900 bits per heavy atom. The van der Waals surface area contributed by atoms with Gasteiger partial charge in [0, 0.05) is 6.61 Å². The van der Waals surface area contributed by atoms with E-state index in [9.17, 15) is 5.11 Å². The van der Waals surface area contributed by atoms with E-state index in [1.165, 1.54) is 44.9 Å². The topological polar surface area (TPSA) is 47.9 Å². The molecule has 4 atom stereocenters. The Morgan fingerprint density at radius 3 is 2.30 bits per heavy atom. The summed E-state index contributed by atoms with van der Waals surface area (Å²) in [6.07, 6.45) is 9.80. The van der Waals surface area contributed by atoms with Crippen molar-refractivity contribution < 1.29 is 19.3 Å². The average Bonchev–Trinajstić information content (AvgIpc) is 3.01. The van der Waals surface area contributed by atoms with Crippen LogP contribution in [-0.2, 0) is 14.2 Å². The van der Waals surface area contributed by atoms with Crippen LogP contribution < -0.4 is 0 Å². The molecule has 2 aliphatic heterocycles. The number of ether oxygens (including phenoxy) is 3. The fraction of sp³-hybridized carbons (Fsp3) is 1.00. The van der Waals surface area contributed by atoms with E-state index in [1.807, 2.05) is 0 Å². The highest BCUT2D eigenvalue weighted by atomic mass is 16.6. The molecular weight excluding hydrogens is 256 g/mol. The zero-order chi connectivity index (χ0) is 14.2. The average molecular weight is 286 g/mol. The summed E-state index contributed by atoms with van der Waals surface area (Å²) in [7, 11) is 0. The van der Waals surface area contributed by atoms with E-state index >= 15 is 0 Å². The van der Waals surface area contributed by atoms with Crippen LogP contribution in [0.1, 0.15) is 58.3 Å². The molecule has 4 heteroatoms. The minimum Gasteiger partial charge on any atom is -0.388 e. The summed E-state index contributed by atoms with van der Waals surface area (Å²) in [5.74, 6) is 0. The predicted octanol–water partition coefficient (Wildman–Crippen LogP) is 2.67. The van der Waals surface area contributed by atoms with Gasteiger partial charge in [0.1, 0.15) is 24.4 Å². The van der Waals surface area contributed by atoms with Gasteiger partial charge in [-0.1, -0.05) is 51.9 Å². The second-order valence-electron chi connectivity index (χ2n) is 6.05. The lowest BCUT2D eigenvalue weighted by Crippen LogP contribution is -2.33. The summed E-state index contributed by atoms with van der Waals surface area (Å²) in [5.41, 5.74) is 0. The Morgan fingerprint density at radius 2 is 1.55 bits per heavy atom. The van der Waals surface area contributed by atoms with Crippen molar-refractivity contribution in [3.8, 4) is 0 Å². The van der Waals surface area contributed by atoms with Crippen LogP contribution in [0.3, 0.4) is 0 Å². The van der Waals surface area contributed by atoms with E-state index in [4.69, 9.17) is 14.2 Å². The number of unbranched alkanes of at least 4 members (excludes halogenated alkanes) is 7. The second kappa shape index (κ2) is 8.98. The van der Waals surface area contributed by atoms with Gasteiger partial charge in [-0.2, -0.15) is 0 Å². The number of hydrogen-bond donors (Lipinski definition) is 1. The van der Waals surface area contributed by atoms with Crippen molar-refractivity contribution in [2.75, 3.05) is 19.8 Å². The Balaban J connectivity index is 1.44. The van der Waals surface area contributed by atoms with Gasteiger partial charge in [0.2, 0.25) is 0 Å². The summed E-state index contributed by atoms with van der Waals surface area (Å²) >= 11 is 0. The maximum absolute atomic E-state index is 9.64. The predicted molar refractivity (Wildman–Crippen MR) is 77.8 cm³/mol. The molecule has 0 aromatic rings. The first-order valence-corrected chi connectivity index (χ1v) is 8.35. The third-order valence-corrected chi connectivity index (χ3v) is 4.31. The van der Waals surface area contributed by atoms with Crippen molar-refractivity contribution in [3.63, 3.8) is 0 Å². The third kappa shape index (κ3) is 4.69. The molecule has 2 rings (SSSR count). The van der Waals surface area contributed by atoms with Crippen molar-refractivity contribution in [3.05, 3.63) is 0 Å². The Bertz CT molecular complexity index is 259. The minimum absolute atomic E-state index is 0.0155. The molecule has 0 amide bonds. The van der Waals surface area contributed by atoms with Gasteiger partial charge < -0.3 is 19.3 Å². The SMILES string of the molecule is CCCCCCCCCCO[C@H]1CO[C@H]2[C@@H]1OC[C@@H]2O. The maximum Gasteiger partial charge on any atom is 0.115 e. The molecule has 20 heavy (non-hydrogen) atoms. The highest BCUT2D eigenvalue weighted by Crippen LogP contribution is 2.28. The molecule has 2 saturated heterocycles. The van der Waals surface area contributed by atoms with E-state index in [0.717, 1.165) is 13.0 Å². The van der Waals surface area contributed by atoms with Crippen LogP contribution >= 0.6 is 0 Å². The number of aliphatic hydroxyl groups excluding tert-OH is 1. The molecule has 0 spiro atoms. The normalized spacial score (nSPS) is 32.7. The summed E-state index contributed by atoms with van der Waals surface area (Å²) in [4.78, 5) is 0. The maximum atomic E-state index is 9.64. The Hall–Kier alpha value is -0.160. The molecule has 0 aliphatic carbocycles. The van der Waals surface area contributed by atoms with Crippen LogP contribution in [0.25, 0.3) is 0 Å². The zero-order valence-corrected chi connectivity index (χ0v) is 12.8. The van der Waals surface area contributed by atoms with Crippen LogP contribution in [0, 0.1) is 0 Å². The van der Waals surface area contributed by atoms with Crippen LogP contribution in [0.4, 0.5) is 0 Å². The number of fused-ring (bicyclic) bond motifs is 1. The Labute approximate surface area is 122 Å². The lowest BCUT2D eigenvalue weighted by molar-refractivity contribution is -0.0378. The molecule has 0 bridgehead atoms. The third-order valence-electron chi connectivity index (χ3n) is 4.31. The van der Waals surface area contributed by atoms with Crippen molar-refractivity contribution in [1.82, 2.24) is 0 Å². The van der Waals surface area contributed by atoms with Gasteiger partial charge in [-0.15, -0.1) is 0 Å². The van der Waals surface area contributed by atoms with Crippen molar-refractivity contribution >= 4 is 0 Å². The van der Waals surface area contributed by atoms with Gasteiger partial charge in [0.05, 0.1) is 13.2 Å². The fourth-order valence-corrected chi connectivity index (χ4v) is 3.06. The molecule has 0 aromatic heterocycles. The van der Waals surface area contributed by atoms with E-state index in [2.05, 4.69) is 6.92 Å². The molecule has 0 unspecified atom stereocenters. The van der Waals surface area contributed by atoms with E-state index in [-0.39, 0.29) is 18.3 Å². The van der Waals surface area contributed by atoms with Crippen LogP contribution in [-0.4, -0.2) is 49.3 Å². The van der Waals surface area contributed by atoms with Crippen molar-refractivity contribution in [2.45, 2.75) is 82.7 Å². The van der Waals surface area contributed by atoms with Crippen LogP contribution in [0.2, 0.25) is 0 Å². The molecule has 2 heterocycles. The summed E-state index contributed by atoms with van der Waals surface area (Å²) in [6, 6.07) is 0. The molecule has 118 valence electrons. The summed E-state index contributed by atoms with van der Waals surface area (Å²) in [5, 5.41) is 9.64. The monoisotopic (exact) mass is 286 g/mol. The van der Waals surface area contributed by atoms with Gasteiger partial charge in [-0.25, -0.2) is 0 Å². The minimum atomic E-state index is -0.475. The highest BCUT2D eigenvalue weighted by molar-refractivity contribution is 4.94. The van der Waals surface area contributed by atoms with Gasteiger partial charge in [0.15, 0.2) is 0 Å². The van der Waals surface area contributed by atoms with Crippen molar-refractivity contribution in [1.29, 1.82) is 0 Å². The molecule has 2 aliphatic rings. The van der Waals surface area contributed by atoms with Crippen molar-refractivity contribution in [2.24, 2.45) is 0 Å². The standard InChI is InChI=1S/C16H30O4/c1-2-3-4-5-6-7-8-9-10-18-14-12-20-15-13(17)11-19-16(14)15/h13-17H,2-12H2,1H3/t13-,14-,15+,16+/m0/s1. The number of hydrogen-bond acceptors (Lipinski definition) is 4. The molecule has 1 N–H and O–H groups in total. The number of aliphatic hydroxyl groups is 1. The molecular formula is C16H30O4. The lowest BCUT2D eigenvalue weighted by atomic mass is 10.1. The zero-order valence-electron chi connectivity index (χ0n) is 12.8. The van der Waals surface area contributed by atoms with Gasteiger partial charge >= 0.3 is 0 Å². The Kier molecular flexibility index (Phi) is 7.28. The van der Waals surface area contributed by atoms with Crippen LogP contribution in [0.15, 0.2) is 0 Å². The second-order valence-corrected chi connectivity index (χ2v) is 6.05.